The molecule has 0 saturated carbocycles. The van der Waals surface area contributed by atoms with Crippen LogP contribution in [0.25, 0.3) is 0 Å². The maximum atomic E-state index is 14.0. The molecule has 0 bridgehead atoms. The van der Waals surface area contributed by atoms with Crippen LogP contribution in [-0.4, -0.2) is 52.4 Å². The van der Waals surface area contributed by atoms with Crippen LogP contribution in [0, 0.1) is 16.0 Å². The highest BCUT2D eigenvalue weighted by molar-refractivity contribution is 6.20. The van der Waals surface area contributed by atoms with Crippen molar-refractivity contribution in [3.05, 3.63) is 51.2 Å². The molecule has 4 atom stereocenters. The largest absolute Gasteiger partial charge is 0.465 e. The van der Waals surface area contributed by atoms with E-state index in [1.165, 1.54) is 12.1 Å². The number of piperidine rings is 1. The van der Waals surface area contributed by atoms with Gasteiger partial charge in [0.15, 0.2) is 0 Å². The molecule has 0 spiro atoms. The normalized spacial score (nSPS) is 24.4. The molecule has 2 aliphatic heterocycles. The number of fused-ring (bicyclic) bond motifs is 1. The Balaban J connectivity index is 2.09. The first kappa shape index (κ1) is 31.9. The molecular formula is C31H45ClN2O6. The van der Waals surface area contributed by atoms with E-state index < -0.39 is 34.2 Å². The predicted molar refractivity (Wildman–Crippen MR) is 156 cm³/mol. The Kier molecular flexibility index (Phi) is 11.9. The van der Waals surface area contributed by atoms with Crippen LogP contribution in [0.2, 0.25) is 0 Å². The van der Waals surface area contributed by atoms with Crippen LogP contribution >= 0.6 is 11.6 Å². The van der Waals surface area contributed by atoms with Gasteiger partial charge in [-0.3, -0.25) is 14.9 Å². The molecule has 2 aliphatic rings. The van der Waals surface area contributed by atoms with Crippen LogP contribution in [0.1, 0.15) is 103 Å². The van der Waals surface area contributed by atoms with E-state index in [2.05, 4.69) is 18.7 Å². The molecule has 40 heavy (non-hydrogen) atoms. The van der Waals surface area contributed by atoms with Crippen molar-refractivity contribution in [2.24, 2.45) is 5.92 Å². The second-order valence-corrected chi connectivity index (χ2v) is 11.9. The number of nitro benzene ring substituents is 1. The maximum absolute atomic E-state index is 14.0. The average molecular weight is 577 g/mol. The van der Waals surface area contributed by atoms with Crippen molar-refractivity contribution in [2.45, 2.75) is 109 Å². The Morgan fingerprint density at radius 1 is 1.07 bits per heavy atom. The van der Waals surface area contributed by atoms with Gasteiger partial charge in [-0.1, -0.05) is 64.5 Å². The Labute approximate surface area is 243 Å². The van der Waals surface area contributed by atoms with E-state index in [1.807, 2.05) is 13.8 Å². The monoisotopic (exact) mass is 576 g/mol. The Hall–Kier alpha value is -2.61. The number of ether oxygens (including phenoxy) is 2. The van der Waals surface area contributed by atoms with E-state index in [0.29, 0.717) is 30.5 Å². The summed E-state index contributed by atoms with van der Waals surface area (Å²) in [6.07, 6.45) is 8.95. The van der Waals surface area contributed by atoms with Gasteiger partial charge in [-0.25, -0.2) is 4.79 Å². The molecule has 0 aliphatic carbocycles. The van der Waals surface area contributed by atoms with Gasteiger partial charge < -0.3 is 14.4 Å². The third-order valence-corrected chi connectivity index (χ3v) is 8.79. The summed E-state index contributed by atoms with van der Waals surface area (Å²) in [5.74, 6) is -2.46. The van der Waals surface area contributed by atoms with Crippen molar-refractivity contribution in [1.29, 1.82) is 0 Å². The number of hydrogen-bond donors (Lipinski definition) is 0. The molecule has 3 rings (SSSR count). The van der Waals surface area contributed by atoms with E-state index in [9.17, 15) is 19.7 Å². The number of carbonyl (C=O) groups excluding carboxylic acids is 2. The number of esters is 2. The first-order chi connectivity index (χ1) is 19.2. The number of nitrogens with zero attached hydrogens (tertiary/aromatic N) is 2. The van der Waals surface area contributed by atoms with E-state index in [0.717, 1.165) is 57.1 Å². The van der Waals surface area contributed by atoms with E-state index in [4.69, 9.17) is 21.1 Å². The lowest BCUT2D eigenvalue weighted by molar-refractivity contribution is -0.384. The Morgan fingerprint density at radius 2 is 1.73 bits per heavy atom. The summed E-state index contributed by atoms with van der Waals surface area (Å²) in [7, 11) is 0. The summed E-state index contributed by atoms with van der Waals surface area (Å²) >= 11 is 6.70. The highest BCUT2D eigenvalue weighted by atomic mass is 35.5. The highest BCUT2D eigenvalue weighted by Crippen LogP contribution is 2.53. The summed E-state index contributed by atoms with van der Waals surface area (Å²) < 4.78 is 11.7. The zero-order valence-corrected chi connectivity index (χ0v) is 25.2. The first-order valence-corrected chi connectivity index (χ1v) is 15.3. The van der Waals surface area contributed by atoms with Gasteiger partial charge in [-0.05, 0) is 45.1 Å². The zero-order valence-electron chi connectivity index (χ0n) is 24.5. The molecule has 0 aromatic heterocycles. The van der Waals surface area contributed by atoms with Gasteiger partial charge in [-0.15, -0.1) is 11.6 Å². The number of allylic oxidation sites excluding steroid dienone is 1. The Bertz CT molecular complexity index is 1080. The molecule has 2 heterocycles. The smallest absolute Gasteiger partial charge is 0.336 e. The number of non-ortho nitro benzene ring substituents is 1. The van der Waals surface area contributed by atoms with Gasteiger partial charge in [0.1, 0.15) is 0 Å². The van der Waals surface area contributed by atoms with Crippen molar-refractivity contribution >= 4 is 29.2 Å². The van der Waals surface area contributed by atoms with Gasteiger partial charge in [0, 0.05) is 35.7 Å². The lowest BCUT2D eigenvalue weighted by Crippen LogP contribution is -2.62. The number of rotatable bonds is 14. The predicted octanol–water partition coefficient (Wildman–Crippen LogP) is 7.29. The van der Waals surface area contributed by atoms with Crippen molar-refractivity contribution in [3.8, 4) is 0 Å². The topological polar surface area (TPSA) is 99.0 Å². The molecule has 0 amide bonds. The van der Waals surface area contributed by atoms with Gasteiger partial charge in [-0.2, -0.15) is 0 Å². The molecule has 1 aromatic rings. The number of carbonyl (C=O) groups is 2. The van der Waals surface area contributed by atoms with Crippen LogP contribution < -0.4 is 0 Å². The molecule has 1 saturated heterocycles. The summed E-state index contributed by atoms with van der Waals surface area (Å²) in [6, 6.07) is 6.23. The van der Waals surface area contributed by atoms with Crippen molar-refractivity contribution in [1.82, 2.24) is 4.90 Å². The standard InChI is InChI=1S/C31H45ClN2O6/c1-5-7-9-11-18-39-29(35)26-22(3)33-17-16-24(32)21-31(33,4)28(30(36)40-19-12-10-8-6-2)27(26)23-14-13-15-25(20-23)34(37)38/h13-15,20,24,27-28H,5-12,16-19,21H2,1-4H3/t24-,27?,28-,31+/m0/s1. The molecule has 0 N–H and O–H groups in total. The summed E-state index contributed by atoms with van der Waals surface area (Å²) in [5.41, 5.74) is 0.787. The molecule has 1 unspecified atom stereocenters. The van der Waals surface area contributed by atoms with E-state index in [1.54, 1.807) is 12.1 Å². The number of unbranched alkanes of at least 4 members (excludes halogenated alkanes) is 6. The Morgan fingerprint density at radius 3 is 2.35 bits per heavy atom. The fourth-order valence-electron chi connectivity index (χ4n) is 6.35. The van der Waals surface area contributed by atoms with Crippen LogP contribution in [0.5, 0.6) is 0 Å². The molecule has 222 valence electrons. The van der Waals surface area contributed by atoms with E-state index in [-0.39, 0.29) is 24.3 Å². The minimum absolute atomic E-state index is 0.0967. The van der Waals surface area contributed by atoms with Gasteiger partial charge in [0.2, 0.25) is 0 Å². The quantitative estimate of drug-likeness (QED) is 0.0753. The van der Waals surface area contributed by atoms with Gasteiger partial charge in [0.05, 0.1) is 35.2 Å². The van der Waals surface area contributed by atoms with Crippen LogP contribution in [0.3, 0.4) is 0 Å². The molecule has 1 aromatic carbocycles. The lowest BCUT2D eigenvalue weighted by atomic mass is 9.63. The third kappa shape index (κ3) is 7.36. The van der Waals surface area contributed by atoms with Crippen molar-refractivity contribution < 1.29 is 24.0 Å². The second-order valence-electron chi connectivity index (χ2n) is 11.3. The number of nitro groups is 1. The summed E-state index contributed by atoms with van der Waals surface area (Å²) in [6.45, 7) is 9.30. The molecule has 9 heteroatoms. The minimum Gasteiger partial charge on any atom is -0.465 e. The first-order valence-electron chi connectivity index (χ1n) is 14.9. The van der Waals surface area contributed by atoms with Crippen LogP contribution in [0.4, 0.5) is 5.69 Å². The fourth-order valence-corrected chi connectivity index (χ4v) is 6.76. The third-order valence-electron chi connectivity index (χ3n) is 8.41. The summed E-state index contributed by atoms with van der Waals surface area (Å²) in [5, 5.41) is 11.6. The number of benzene rings is 1. The number of hydrogen-bond acceptors (Lipinski definition) is 7. The molecule has 8 nitrogen and oxygen atoms in total. The van der Waals surface area contributed by atoms with Gasteiger partial charge in [0.25, 0.3) is 5.69 Å². The maximum Gasteiger partial charge on any atom is 0.336 e. The van der Waals surface area contributed by atoms with Crippen LogP contribution in [-0.2, 0) is 19.1 Å². The SMILES string of the molecule is CCCCCCOC(=O)C1=C(C)N2CC[C@H](Cl)C[C@]2(C)[C@H](C(=O)OCCCCCC)C1c1cccc([N+](=O)[O-])c1. The lowest BCUT2D eigenvalue weighted by Gasteiger charge is -2.57. The minimum atomic E-state index is -0.798. The fraction of sp³-hybridized carbons (Fsp3) is 0.677. The molecule has 1 fully saturated rings. The van der Waals surface area contributed by atoms with E-state index >= 15 is 0 Å². The average Bonchev–Trinajstić information content (AvgIpc) is 2.91. The van der Waals surface area contributed by atoms with Crippen molar-refractivity contribution in [2.75, 3.05) is 19.8 Å². The number of halogens is 1. The van der Waals surface area contributed by atoms with Crippen LogP contribution in [0.15, 0.2) is 35.5 Å². The van der Waals surface area contributed by atoms with Crippen molar-refractivity contribution in [3.63, 3.8) is 0 Å². The number of alkyl halides is 1. The zero-order chi connectivity index (χ0) is 29.3. The van der Waals surface area contributed by atoms with Gasteiger partial charge >= 0.3 is 11.9 Å². The second kappa shape index (κ2) is 14.9. The summed E-state index contributed by atoms with van der Waals surface area (Å²) in [4.78, 5) is 41.1. The molecular weight excluding hydrogens is 532 g/mol. The molecule has 0 radical (unpaired) electrons. The highest BCUT2D eigenvalue weighted by Gasteiger charge is 2.57.